The molecule has 74 valence electrons. The maximum Gasteiger partial charge on any atom is 0.239 e. The third kappa shape index (κ3) is 1.69. The molecule has 0 aromatic heterocycles. The van der Waals surface area contributed by atoms with Crippen LogP contribution in [0.25, 0.3) is 0 Å². The van der Waals surface area contributed by atoms with Crippen LogP contribution in [0.1, 0.15) is 19.8 Å². The lowest BCUT2D eigenvalue weighted by molar-refractivity contribution is -0.141. The van der Waals surface area contributed by atoms with Gasteiger partial charge in [-0.15, -0.1) is 0 Å². The van der Waals surface area contributed by atoms with Crippen molar-refractivity contribution in [1.29, 1.82) is 0 Å². The normalized spacial score (nSPS) is 27.4. The van der Waals surface area contributed by atoms with Crippen LogP contribution in [0.2, 0.25) is 0 Å². The largest absolute Gasteiger partial charge is 0.371 e. The highest BCUT2D eigenvalue weighted by Gasteiger charge is 2.48. The summed E-state index contributed by atoms with van der Waals surface area (Å²) in [4.78, 5) is 13.4. The molecule has 0 aromatic carbocycles. The average Bonchev–Trinajstić information content (AvgIpc) is 2.83. The lowest BCUT2D eigenvalue weighted by atomic mass is 10.2. The Bertz CT molecular complexity index is 224. The van der Waals surface area contributed by atoms with Crippen molar-refractivity contribution < 1.29 is 9.53 Å². The minimum Gasteiger partial charge on any atom is -0.371 e. The van der Waals surface area contributed by atoms with Crippen molar-refractivity contribution in [3.63, 3.8) is 0 Å². The molecule has 0 radical (unpaired) electrons. The molecule has 1 heterocycles. The molecular weight excluding hydrogens is 168 g/mol. The highest BCUT2D eigenvalue weighted by molar-refractivity contribution is 5.81. The van der Waals surface area contributed by atoms with Gasteiger partial charge in [-0.05, 0) is 19.8 Å². The number of nitrogens with zero attached hydrogens (tertiary/aromatic N) is 1. The summed E-state index contributed by atoms with van der Waals surface area (Å²) in [6.45, 7) is 3.84. The van der Waals surface area contributed by atoms with Gasteiger partial charge in [0.15, 0.2) is 0 Å². The molecule has 1 aliphatic heterocycles. The molecule has 2 N–H and O–H groups in total. The van der Waals surface area contributed by atoms with Gasteiger partial charge in [0.25, 0.3) is 0 Å². The van der Waals surface area contributed by atoms with Crippen molar-refractivity contribution in [2.75, 3.05) is 19.7 Å². The Morgan fingerprint density at radius 2 is 2.31 bits per heavy atom. The first-order valence-corrected chi connectivity index (χ1v) is 4.81. The SMILES string of the molecule is C[C@@H](N)C(=O)N1CCOC2(CC2)C1. The highest BCUT2D eigenvalue weighted by atomic mass is 16.5. The van der Waals surface area contributed by atoms with Crippen molar-refractivity contribution >= 4 is 5.91 Å². The van der Waals surface area contributed by atoms with Crippen molar-refractivity contribution in [1.82, 2.24) is 4.90 Å². The van der Waals surface area contributed by atoms with Crippen LogP contribution in [-0.2, 0) is 9.53 Å². The number of hydrogen-bond acceptors (Lipinski definition) is 3. The number of morpholine rings is 1. The summed E-state index contributed by atoms with van der Waals surface area (Å²) >= 11 is 0. The number of rotatable bonds is 1. The Hall–Kier alpha value is -0.610. The summed E-state index contributed by atoms with van der Waals surface area (Å²) in [5.74, 6) is 0.0505. The van der Waals surface area contributed by atoms with E-state index in [0.29, 0.717) is 13.2 Å². The molecule has 0 aromatic rings. The lowest BCUT2D eigenvalue weighted by Crippen LogP contribution is -2.51. The first-order valence-electron chi connectivity index (χ1n) is 4.81. The van der Waals surface area contributed by atoms with Gasteiger partial charge in [-0.25, -0.2) is 0 Å². The van der Waals surface area contributed by atoms with Gasteiger partial charge in [0.05, 0.1) is 18.2 Å². The first kappa shape index (κ1) is 8.97. The highest BCUT2D eigenvalue weighted by Crippen LogP contribution is 2.41. The first-order chi connectivity index (χ1) is 6.13. The van der Waals surface area contributed by atoms with E-state index in [-0.39, 0.29) is 17.6 Å². The fourth-order valence-corrected chi connectivity index (χ4v) is 1.76. The molecule has 1 aliphatic carbocycles. The van der Waals surface area contributed by atoms with E-state index < -0.39 is 0 Å². The Balaban J connectivity index is 1.96. The second kappa shape index (κ2) is 2.96. The zero-order valence-electron chi connectivity index (χ0n) is 7.95. The van der Waals surface area contributed by atoms with E-state index in [2.05, 4.69) is 0 Å². The van der Waals surface area contributed by atoms with Crippen molar-refractivity contribution in [2.24, 2.45) is 5.73 Å². The summed E-state index contributed by atoms with van der Waals surface area (Å²) in [5, 5.41) is 0. The van der Waals surface area contributed by atoms with E-state index in [9.17, 15) is 4.79 Å². The smallest absolute Gasteiger partial charge is 0.239 e. The molecule has 1 atom stereocenters. The predicted octanol–water partition coefficient (Wildman–Crippen LogP) is -0.275. The fraction of sp³-hybridized carbons (Fsp3) is 0.889. The van der Waals surface area contributed by atoms with Crippen LogP contribution in [0.3, 0.4) is 0 Å². The van der Waals surface area contributed by atoms with Crippen LogP contribution in [0.4, 0.5) is 0 Å². The second-order valence-electron chi connectivity index (χ2n) is 4.08. The monoisotopic (exact) mass is 184 g/mol. The Morgan fingerprint density at radius 1 is 1.62 bits per heavy atom. The van der Waals surface area contributed by atoms with Crippen molar-refractivity contribution in [3.8, 4) is 0 Å². The Kier molecular flexibility index (Phi) is 2.04. The summed E-state index contributed by atoms with van der Waals surface area (Å²) in [5.41, 5.74) is 5.56. The molecule has 2 rings (SSSR count). The number of amides is 1. The van der Waals surface area contributed by atoms with Crippen LogP contribution in [-0.4, -0.2) is 42.1 Å². The second-order valence-corrected chi connectivity index (χ2v) is 4.08. The minimum absolute atomic E-state index is 0.0167. The van der Waals surface area contributed by atoms with E-state index in [1.54, 1.807) is 6.92 Å². The summed E-state index contributed by atoms with van der Waals surface area (Å²) in [6, 6.07) is -0.381. The Morgan fingerprint density at radius 3 is 2.85 bits per heavy atom. The standard InChI is InChI=1S/C9H16N2O2/c1-7(10)8(12)11-4-5-13-9(6-11)2-3-9/h7H,2-6,10H2,1H3/t7-/m1/s1. The van der Waals surface area contributed by atoms with Crippen LogP contribution in [0.15, 0.2) is 0 Å². The van der Waals surface area contributed by atoms with Crippen molar-refractivity contribution in [3.05, 3.63) is 0 Å². The zero-order valence-corrected chi connectivity index (χ0v) is 7.95. The number of hydrogen-bond donors (Lipinski definition) is 1. The van der Waals surface area contributed by atoms with Gasteiger partial charge in [0, 0.05) is 13.1 Å². The molecule has 1 spiro atoms. The quantitative estimate of drug-likeness (QED) is 0.610. The third-order valence-corrected chi connectivity index (χ3v) is 2.76. The number of carbonyl (C=O) groups is 1. The molecule has 1 saturated heterocycles. The van der Waals surface area contributed by atoms with Gasteiger partial charge in [-0.2, -0.15) is 0 Å². The molecule has 0 unspecified atom stereocenters. The molecule has 0 bridgehead atoms. The van der Waals surface area contributed by atoms with Crippen molar-refractivity contribution in [2.45, 2.75) is 31.4 Å². The molecule has 1 saturated carbocycles. The van der Waals surface area contributed by atoms with E-state index >= 15 is 0 Å². The van der Waals surface area contributed by atoms with Gasteiger partial charge in [-0.3, -0.25) is 4.79 Å². The van der Waals surface area contributed by atoms with Gasteiger partial charge in [-0.1, -0.05) is 0 Å². The summed E-state index contributed by atoms with van der Waals surface area (Å²) in [6.07, 6.45) is 2.19. The van der Waals surface area contributed by atoms with Crippen LogP contribution in [0, 0.1) is 0 Å². The molecule has 2 fully saturated rings. The molecule has 2 aliphatic rings. The fourth-order valence-electron chi connectivity index (χ4n) is 1.76. The molecule has 1 amide bonds. The maximum absolute atomic E-state index is 11.6. The minimum atomic E-state index is -0.381. The van der Waals surface area contributed by atoms with Gasteiger partial charge >= 0.3 is 0 Å². The van der Waals surface area contributed by atoms with Crippen LogP contribution < -0.4 is 5.73 Å². The van der Waals surface area contributed by atoms with E-state index in [4.69, 9.17) is 10.5 Å². The van der Waals surface area contributed by atoms with E-state index in [1.807, 2.05) is 4.90 Å². The van der Waals surface area contributed by atoms with Crippen LogP contribution >= 0.6 is 0 Å². The molecule has 4 nitrogen and oxygen atoms in total. The molecule has 4 heteroatoms. The van der Waals surface area contributed by atoms with Gasteiger partial charge in [0.2, 0.25) is 5.91 Å². The number of carbonyl (C=O) groups excluding carboxylic acids is 1. The summed E-state index contributed by atoms with van der Waals surface area (Å²) in [7, 11) is 0. The summed E-state index contributed by atoms with van der Waals surface area (Å²) < 4.78 is 5.60. The molecule has 13 heavy (non-hydrogen) atoms. The lowest BCUT2D eigenvalue weighted by Gasteiger charge is -2.34. The number of ether oxygens (including phenoxy) is 1. The van der Waals surface area contributed by atoms with Crippen LogP contribution in [0.5, 0.6) is 0 Å². The Labute approximate surface area is 78.0 Å². The molecular formula is C9H16N2O2. The topological polar surface area (TPSA) is 55.6 Å². The average molecular weight is 184 g/mol. The predicted molar refractivity (Wildman–Crippen MR) is 48.1 cm³/mol. The van der Waals surface area contributed by atoms with E-state index in [1.165, 1.54) is 0 Å². The third-order valence-electron chi connectivity index (χ3n) is 2.76. The van der Waals surface area contributed by atoms with Gasteiger partial charge < -0.3 is 15.4 Å². The van der Waals surface area contributed by atoms with Gasteiger partial charge in [0.1, 0.15) is 0 Å². The zero-order chi connectivity index (χ0) is 9.47. The maximum atomic E-state index is 11.6. The number of nitrogens with two attached hydrogens (primary N) is 1. The van der Waals surface area contributed by atoms with E-state index in [0.717, 1.165) is 19.4 Å².